The van der Waals surface area contributed by atoms with Gasteiger partial charge in [0.05, 0.1) is 16.4 Å². The third kappa shape index (κ3) is 2.66. The molecule has 21 heavy (non-hydrogen) atoms. The van der Waals surface area contributed by atoms with E-state index in [0.717, 1.165) is 0 Å². The SMILES string of the molecule is Cc1nn(Cc2ccc(N)c([N+](=O)[O-])c2)c(C)c1[N+](=O)[O-]. The first-order valence-electron chi connectivity index (χ1n) is 6.02. The van der Waals surface area contributed by atoms with Crippen molar-refractivity contribution in [1.82, 2.24) is 9.78 Å². The molecule has 0 saturated heterocycles. The fraction of sp³-hybridized carbons (Fsp3) is 0.250. The van der Waals surface area contributed by atoms with E-state index in [-0.39, 0.29) is 23.6 Å². The number of nitro groups is 2. The van der Waals surface area contributed by atoms with Gasteiger partial charge in [0, 0.05) is 6.07 Å². The molecule has 0 aliphatic heterocycles. The minimum absolute atomic E-state index is 0.0417. The van der Waals surface area contributed by atoms with Gasteiger partial charge in [-0.3, -0.25) is 24.9 Å². The second-order valence-electron chi connectivity index (χ2n) is 4.58. The van der Waals surface area contributed by atoms with Gasteiger partial charge < -0.3 is 5.73 Å². The van der Waals surface area contributed by atoms with Crippen LogP contribution in [0.25, 0.3) is 0 Å². The molecule has 0 aliphatic rings. The summed E-state index contributed by atoms with van der Waals surface area (Å²) in [7, 11) is 0. The Balaban J connectivity index is 2.39. The Morgan fingerprint density at radius 2 is 1.90 bits per heavy atom. The van der Waals surface area contributed by atoms with Gasteiger partial charge >= 0.3 is 5.69 Å². The van der Waals surface area contributed by atoms with Crippen LogP contribution in [0.2, 0.25) is 0 Å². The van der Waals surface area contributed by atoms with Gasteiger partial charge in [0.15, 0.2) is 0 Å². The number of nitrogen functional groups attached to an aromatic ring is 1. The number of nitrogens with zero attached hydrogens (tertiary/aromatic N) is 4. The van der Waals surface area contributed by atoms with Crippen LogP contribution in [-0.2, 0) is 6.54 Å². The Kier molecular flexibility index (Phi) is 3.57. The molecule has 2 rings (SSSR count). The lowest BCUT2D eigenvalue weighted by Gasteiger charge is -2.05. The average Bonchev–Trinajstić information content (AvgIpc) is 2.66. The molecule has 9 nitrogen and oxygen atoms in total. The van der Waals surface area contributed by atoms with Crippen molar-refractivity contribution in [2.24, 2.45) is 0 Å². The maximum atomic E-state index is 10.9. The zero-order chi connectivity index (χ0) is 15.7. The van der Waals surface area contributed by atoms with Crippen LogP contribution >= 0.6 is 0 Å². The van der Waals surface area contributed by atoms with Crippen molar-refractivity contribution in [3.05, 3.63) is 55.4 Å². The van der Waals surface area contributed by atoms with Crippen LogP contribution in [0.5, 0.6) is 0 Å². The van der Waals surface area contributed by atoms with Crippen molar-refractivity contribution in [2.75, 3.05) is 5.73 Å². The van der Waals surface area contributed by atoms with E-state index in [1.54, 1.807) is 19.9 Å². The van der Waals surface area contributed by atoms with Gasteiger partial charge in [-0.2, -0.15) is 5.10 Å². The molecule has 0 fully saturated rings. The van der Waals surface area contributed by atoms with Crippen LogP contribution in [0.4, 0.5) is 17.1 Å². The maximum Gasteiger partial charge on any atom is 0.312 e. The summed E-state index contributed by atoms with van der Waals surface area (Å²) in [6.45, 7) is 3.33. The van der Waals surface area contributed by atoms with Crippen LogP contribution in [0.15, 0.2) is 18.2 Å². The van der Waals surface area contributed by atoms with Crippen molar-refractivity contribution in [3.8, 4) is 0 Å². The Morgan fingerprint density at radius 3 is 2.43 bits per heavy atom. The second kappa shape index (κ2) is 5.19. The first-order chi connectivity index (χ1) is 9.81. The normalized spacial score (nSPS) is 10.6. The molecule has 0 radical (unpaired) electrons. The molecule has 0 unspecified atom stereocenters. The quantitative estimate of drug-likeness (QED) is 0.520. The number of hydrogen-bond donors (Lipinski definition) is 1. The molecule has 0 amide bonds. The number of anilines is 1. The molecule has 0 spiro atoms. The van der Waals surface area contributed by atoms with Gasteiger partial charge in [-0.05, 0) is 25.5 Å². The molecule has 2 N–H and O–H groups in total. The van der Waals surface area contributed by atoms with E-state index in [1.165, 1.54) is 16.8 Å². The van der Waals surface area contributed by atoms with Crippen molar-refractivity contribution in [1.29, 1.82) is 0 Å². The Bertz CT molecular complexity index is 737. The number of aryl methyl sites for hydroxylation is 1. The van der Waals surface area contributed by atoms with Gasteiger partial charge in [-0.25, -0.2) is 0 Å². The van der Waals surface area contributed by atoms with E-state index in [4.69, 9.17) is 5.73 Å². The van der Waals surface area contributed by atoms with Gasteiger partial charge in [0.25, 0.3) is 5.69 Å². The van der Waals surface area contributed by atoms with E-state index in [9.17, 15) is 20.2 Å². The van der Waals surface area contributed by atoms with Crippen LogP contribution in [0.1, 0.15) is 17.0 Å². The number of nitro benzene ring substituents is 1. The zero-order valence-electron chi connectivity index (χ0n) is 11.4. The van der Waals surface area contributed by atoms with Gasteiger partial charge in [-0.15, -0.1) is 0 Å². The summed E-state index contributed by atoms with van der Waals surface area (Å²) >= 11 is 0. The van der Waals surface area contributed by atoms with E-state index in [1.807, 2.05) is 0 Å². The highest BCUT2D eigenvalue weighted by Gasteiger charge is 2.22. The fourth-order valence-corrected chi connectivity index (χ4v) is 2.12. The van der Waals surface area contributed by atoms with Crippen molar-refractivity contribution >= 4 is 17.1 Å². The fourth-order valence-electron chi connectivity index (χ4n) is 2.12. The Labute approximate surface area is 119 Å². The molecule has 1 heterocycles. The number of rotatable bonds is 4. The minimum atomic E-state index is -0.567. The molecule has 0 aliphatic carbocycles. The smallest absolute Gasteiger partial charge is 0.312 e. The zero-order valence-corrected chi connectivity index (χ0v) is 11.4. The molecule has 2 aromatic rings. The second-order valence-corrected chi connectivity index (χ2v) is 4.58. The molecule has 110 valence electrons. The maximum absolute atomic E-state index is 10.9. The van der Waals surface area contributed by atoms with Crippen LogP contribution in [0.3, 0.4) is 0 Å². The van der Waals surface area contributed by atoms with E-state index in [2.05, 4.69) is 5.10 Å². The largest absolute Gasteiger partial charge is 0.393 e. The van der Waals surface area contributed by atoms with Crippen LogP contribution in [0, 0.1) is 34.1 Å². The highest BCUT2D eigenvalue weighted by Crippen LogP contribution is 2.25. The van der Waals surface area contributed by atoms with Gasteiger partial charge in [0.2, 0.25) is 0 Å². The minimum Gasteiger partial charge on any atom is -0.393 e. The number of hydrogen-bond acceptors (Lipinski definition) is 6. The molecular weight excluding hydrogens is 278 g/mol. The summed E-state index contributed by atoms with van der Waals surface area (Å²) in [4.78, 5) is 20.7. The lowest BCUT2D eigenvalue weighted by molar-refractivity contribution is -0.386. The number of benzene rings is 1. The summed E-state index contributed by atoms with van der Waals surface area (Å²) in [6, 6.07) is 4.41. The molecule has 9 heteroatoms. The van der Waals surface area contributed by atoms with Crippen molar-refractivity contribution < 1.29 is 9.85 Å². The monoisotopic (exact) mass is 291 g/mol. The topological polar surface area (TPSA) is 130 Å². The third-order valence-electron chi connectivity index (χ3n) is 3.15. The van der Waals surface area contributed by atoms with Gasteiger partial charge in [-0.1, -0.05) is 6.07 Å². The summed E-state index contributed by atoms with van der Waals surface area (Å²) in [5.41, 5.74) is 6.67. The Morgan fingerprint density at radius 1 is 1.24 bits per heavy atom. The van der Waals surface area contributed by atoms with E-state index in [0.29, 0.717) is 17.0 Å². The first-order valence-corrected chi connectivity index (χ1v) is 6.02. The summed E-state index contributed by atoms with van der Waals surface area (Å²) < 4.78 is 1.45. The molecular formula is C12H13N5O4. The highest BCUT2D eigenvalue weighted by molar-refractivity contribution is 5.59. The molecule has 0 saturated carbocycles. The standard InChI is InChI=1S/C12H13N5O4/c1-7-12(17(20)21)8(2)15(14-7)6-9-3-4-10(13)11(5-9)16(18)19/h3-5H,6,13H2,1-2H3. The molecule has 1 aromatic carbocycles. The number of aromatic nitrogens is 2. The van der Waals surface area contributed by atoms with E-state index >= 15 is 0 Å². The summed E-state index contributed by atoms with van der Waals surface area (Å²) in [5, 5.41) is 25.9. The van der Waals surface area contributed by atoms with Crippen LogP contribution < -0.4 is 5.73 Å². The van der Waals surface area contributed by atoms with Crippen LogP contribution in [-0.4, -0.2) is 19.6 Å². The molecule has 1 aromatic heterocycles. The summed E-state index contributed by atoms with van der Waals surface area (Å²) in [6.07, 6.45) is 0. The highest BCUT2D eigenvalue weighted by atomic mass is 16.6. The van der Waals surface area contributed by atoms with Gasteiger partial charge in [0.1, 0.15) is 17.1 Å². The molecule has 0 atom stereocenters. The van der Waals surface area contributed by atoms with Crippen molar-refractivity contribution in [3.63, 3.8) is 0 Å². The van der Waals surface area contributed by atoms with Crippen molar-refractivity contribution in [2.45, 2.75) is 20.4 Å². The Hall–Kier alpha value is -2.97. The third-order valence-corrected chi connectivity index (χ3v) is 3.15. The molecule has 0 bridgehead atoms. The average molecular weight is 291 g/mol. The summed E-state index contributed by atoms with van der Waals surface area (Å²) in [5.74, 6) is 0. The first kappa shape index (κ1) is 14.4. The van der Waals surface area contributed by atoms with E-state index < -0.39 is 9.85 Å². The predicted molar refractivity (Wildman–Crippen MR) is 75.0 cm³/mol. The predicted octanol–water partition coefficient (Wildman–Crippen LogP) is 1.95. The lowest BCUT2D eigenvalue weighted by atomic mass is 10.1. The number of nitrogens with two attached hydrogens (primary N) is 1. The lowest BCUT2D eigenvalue weighted by Crippen LogP contribution is -2.05.